The van der Waals surface area contributed by atoms with Crippen LogP contribution in [-0.2, 0) is 4.79 Å². The van der Waals surface area contributed by atoms with Crippen LogP contribution in [-0.4, -0.2) is 35.9 Å². The summed E-state index contributed by atoms with van der Waals surface area (Å²) in [5.41, 5.74) is 0.264. The van der Waals surface area contributed by atoms with Crippen LogP contribution in [0.5, 0.6) is 0 Å². The molecule has 0 aromatic rings. The minimum Gasteiger partial charge on any atom is -0.478 e. The van der Waals surface area contributed by atoms with Gasteiger partial charge in [0.2, 0.25) is 0 Å². The molecule has 0 saturated heterocycles. The number of carboxylic acids is 1. The molecule has 3 N–H and O–H groups in total. The molecule has 0 aromatic carbocycles. The van der Waals surface area contributed by atoms with Gasteiger partial charge in [-0.15, -0.1) is 0 Å². The molecule has 0 heterocycles. The minimum absolute atomic E-state index is 0.0784. The Hall–Kier alpha value is -0.870. The summed E-state index contributed by atoms with van der Waals surface area (Å²) in [6, 6.07) is 0. The first-order valence-electron chi connectivity index (χ1n) is 5.73. The highest BCUT2D eigenvalue weighted by Crippen LogP contribution is 2.24. The molecule has 0 aromatic heterocycles. The first-order chi connectivity index (χ1) is 7.51. The van der Waals surface area contributed by atoms with E-state index in [-0.39, 0.29) is 12.0 Å². The molecule has 0 spiro atoms. The zero-order chi connectivity index (χ0) is 12.6. The highest BCUT2D eigenvalue weighted by Gasteiger charge is 2.24. The number of aliphatic hydroxyl groups excluding tert-OH is 1. The molecule has 94 valence electrons. The van der Waals surface area contributed by atoms with Gasteiger partial charge in [-0.05, 0) is 19.8 Å². The number of aliphatic hydroxyl groups is 1. The summed E-state index contributed by atoms with van der Waals surface area (Å²) in [7, 11) is 0. The van der Waals surface area contributed by atoms with Crippen LogP contribution in [0.4, 0.5) is 0 Å². The van der Waals surface area contributed by atoms with Gasteiger partial charge in [-0.2, -0.15) is 0 Å². The van der Waals surface area contributed by atoms with Crippen molar-refractivity contribution in [1.82, 2.24) is 5.32 Å². The lowest BCUT2D eigenvalue weighted by Crippen LogP contribution is -2.36. The third kappa shape index (κ3) is 4.77. The maximum Gasteiger partial charge on any atom is 0.330 e. The van der Waals surface area contributed by atoms with Crippen LogP contribution in [0.25, 0.3) is 0 Å². The van der Waals surface area contributed by atoms with Crippen LogP contribution in [0.15, 0.2) is 11.6 Å². The Morgan fingerprint density at radius 1 is 1.38 bits per heavy atom. The van der Waals surface area contributed by atoms with Crippen LogP contribution in [0.2, 0.25) is 0 Å². The van der Waals surface area contributed by atoms with Gasteiger partial charge in [-0.1, -0.05) is 19.9 Å². The largest absolute Gasteiger partial charge is 0.478 e. The van der Waals surface area contributed by atoms with Crippen molar-refractivity contribution in [3.8, 4) is 0 Å². The number of rotatable bonds is 8. The molecule has 0 amide bonds. The molecule has 4 heteroatoms. The Morgan fingerprint density at radius 3 is 2.31 bits per heavy atom. The fourth-order valence-corrected chi connectivity index (χ4v) is 1.43. The van der Waals surface area contributed by atoms with Crippen molar-refractivity contribution in [1.29, 1.82) is 0 Å². The lowest BCUT2D eigenvalue weighted by atomic mass is 9.83. The molecule has 0 unspecified atom stereocenters. The van der Waals surface area contributed by atoms with Gasteiger partial charge in [0, 0.05) is 30.7 Å². The molecule has 0 aliphatic heterocycles. The van der Waals surface area contributed by atoms with Gasteiger partial charge in [-0.25, -0.2) is 4.79 Å². The summed E-state index contributed by atoms with van der Waals surface area (Å²) in [5, 5.41) is 21.1. The van der Waals surface area contributed by atoms with Gasteiger partial charge < -0.3 is 15.5 Å². The molecule has 0 saturated carbocycles. The van der Waals surface area contributed by atoms with E-state index in [0.29, 0.717) is 18.7 Å². The summed E-state index contributed by atoms with van der Waals surface area (Å²) >= 11 is 0. The van der Waals surface area contributed by atoms with Crippen LogP contribution in [0, 0.1) is 5.41 Å². The first-order valence-corrected chi connectivity index (χ1v) is 5.73. The topological polar surface area (TPSA) is 69.6 Å². The van der Waals surface area contributed by atoms with Gasteiger partial charge in [-0.3, -0.25) is 0 Å². The van der Waals surface area contributed by atoms with Crippen molar-refractivity contribution in [2.45, 2.75) is 33.6 Å². The molecule has 0 fully saturated rings. The zero-order valence-corrected chi connectivity index (χ0v) is 10.4. The molecule has 0 atom stereocenters. The third-order valence-corrected chi connectivity index (χ3v) is 3.23. The number of nitrogens with one attached hydrogen (secondary N) is 1. The Balaban J connectivity index is 4.06. The van der Waals surface area contributed by atoms with Gasteiger partial charge in [0.1, 0.15) is 0 Å². The van der Waals surface area contributed by atoms with E-state index in [1.165, 1.54) is 0 Å². The van der Waals surface area contributed by atoms with Crippen molar-refractivity contribution in [2.75, 3.05) is 19.7 Å². The van der Waals surface area contributed by atoms with Crippen molar-refractivity contribution >= 4 is 5.97 Å². The Bertz CT molecular complexity index is 236. The van der Waals surface area contributed by atoms with Crippen molar-refractivity contribution in [3.63, 3.8) is 0 Å². The minimum atomic E-state index is -0.888. The van der Waals surface area contributed by atoms with E-state index in [9.17, 15) is 9.90 Å². The van der Waals surface area contributed by atoms with Crippen molar-refractivity contribution < 1.29 is 15.0 Å². The summed E-state index contributed by atoms with van der Waals surface area (Å²) in [6.45, 7) is 7.08. The second-order valence-electron chi connectivity index (χ2n) is 4.19. The number of carbonyl (C=O) groups is 1. The van der Waals surface area contributed by atoms with E-state index >= 15 is 0 Å². The summed E-state index contributed by atoms with van der Waals surface area (Å²) < 4.78 is 0. The van der Waals surface area contributed by atoms with E-state index in [1.807, 2.05) is 0 Å². The monoisotopic (exact) mass is 229 g/mol. The fraction of sp³-hybridized carbons (Fsp3) is 0.750. The standard InChI is InChI=1S/C12H23NO3/c1-4-12(5-2,9-14)8-13-7-6-10(3)11(15)16/h6,13-14H,4-5,7-9H2,1-3H3,(H,15,16)/b10-6-. The zero-order valence-electron chi connectivity index (χ0n) is 10.4. The quantitative estimate of drug-likeness (QED) is 0.435. The lowest BCUT2D eigenvalue weighted by molar-refractivity contribution is -0.132. The van der Waals surface area contributed by atoms with E-state index in [1.54, 1.807) is 13.0 Å². The van der Waals surface area contributed by atoms with Gasteiger partial charge in [0.25, 0.3) is 0 Å². The van der Waals surface area contributed by atoms with Crippen LogP contribution in [0.1, 0.15) is 33.6 Å². The number of carboxylic acid groups (broad SMARTS) is 1. The smallest absolute Gasteiger partial charge is 0.330 e. The van der Waals surface area contributed by atoms with Crippen LogP contribution < -0.4 is 5.32 Å². The molecule has 0 aliphatic carbocycles. The maximum atomic E-state index is 10.5. The highest BCUT2D eigenvalue weighted by atomic mass is 16.4. The molecule has 4 nitrogen and oxygen atoms in total. The maximum absolute atomic E-state index is 10.5. The SMILES string of the molecule is CCC(CC)(CO)CNC/C=C(/C)C(=O)O. The number of hydrogen-bond donors (Lipinski definition) is 3. The normalized spacial score (nSPS) is 12.9. The second kappa shape index (κ2) is 7.41. The van der Waals surface area contributed by atoms with Gasteiger partial charge in [0.05, 0.1) is 0 Å². The molecule has 0 aliphatic rings. The molecular formula is C12H23NO3. The molecular weight excluding hydrogens is 206 g/mol. The van der Waals surface area contributed by atoms with E-state index in [0.717, 1.165) is 12.8 Å². The Morgan fingerprint density at radius 2 is 1.94 bits per heavy atom. The van der Waals surface area contributed by atoms with Gasteiger partial charge in [0.15, 0.2) is 0 Å². The van der Waals surface area contributed by atoms with E-state index in [2.05, 4.69) is 19.2 Å². The summed E-state index contributed by atoms with van der Waals surface area (Å²) in [4.78, 5) is 10.5. The van der Waals surface area contributed by atoms with Crippen molar-refractivity contribution in [2.24, 2.45) is 5.41 Å². The molecule has 0 radical (unpaired) electrons. The average Bonchev–Trinajstić information content (AvgIpc) is 2.30. The summed E-state index contributed by atoms with van der Waals surface area (Å²) in [5.74, 6) is -0.888. The summed E-state index contributed by atoms with van der Waals surface area (Å²) in [6.07, 6.45) is 3.47. The number of hydrogen-bond acceptors (Lipinski definition) is 3. The first kappa shape index (κ1) is 15.1. The van der Waals surface area contributed by atoms with Crippen molar-refractivity contribution in [3.05, 3.63) is 11.6 Å². The molecule has 0 rings (SSSR count). The predicted octanol–water partition coefficient (Wildman–Crippen LogP) is 1.41. The molecule has 0 bridgehead atoms. The lowest BCUT2D eigenvalue weighted by Gasteiger charge is -2.29. The second-order valence-corrected chi connectivity index (χ2v) is 4.19. The van der Waals surface area contributed by atoms with E-state index in [4.69, 9.17) is 5.11 Å². The highest BCUT2D eigenvalue weighted by molar-refractivity contribution is 5.85. The molecule has 16 heavy (non-hydrogen) atoms. The van der Waals surface area contributed by atoms with Gasteiger partial charge >= 0.3 is 5.97 Å². The van der Waals surface area contributed by atoms with E-state index < -0.39 is 5.97 Å². The van der Waals surface area contributed by atoms with Crippen LogP contribution >= 0.6 is 0 Å². The average molecular weight is 229 g/mol. The Kier molecular flexibility index (Phi) is 7.01. The fourth-order valence-electron chi connectivity index (χ4n) is 1.43. The predicted molar refractivity (Wildman–Crippen MR) is 64.4 cm³/mol. The third-order valence-electron chi connectivity index (χ3n) is 3.23. The Labute approximate surface area is 97.4 Å². The van der Waals surface area contributed by atoms with Crippen LogP contribution in [0.3, 0.4) is 0 Å². The number of aliphatic carboxylic acids is 1.